The van der Waals surface area contributed by atoms with Crippen molar-refractivity contribution in [3.05, 3.63) is 48.3 Å². The zero-order chi connectivity index (χ0) is 20.6. The fourth-order valence-electron chi connectivity index (χ4n) is 3.56. The first-order valence-electron chi connectivity index (χ1n) is 9.29. The summed E-state index contributed by atoms with van der Waals surface area (Å²) in [5.74, 6) is -0.189. The van der Waals surface area contributed by atoms with Gasteiger partial charge in [0.05, 0.1) is 24.2 Å². The monoisotopic (exact) mass is 404 g/mol. The lowest BCUT2D eigenvalue weighted by atomic mass is 10.1. The molecule has 152 valence electrons. The summed E-state index contributed by atoms with van der Waals surface area (Å²) in [5, 5.41) is 9.85. The van der Waals surface area contributed by atoms with Crippen LogP contribution in [-0.4, -0.2) is 50.1 Å². The van der Waals surface area contributed by atoms with Gasteiger partial charge in [-0.2, -0.15) is 13.2 Å². The molecule has 1 saturated heterocycles. The summed E-state index contributed by atoms with van der Waals surface area (Å²) in [6, 6.07) is 7.25. The van der Waals surface area contributed by atoms with E-state index in [2.05, 4.69) is 9.97 Å². The highest BCUT2D eigenvalue weighted by Crippen LogP contribution is 2.31. The van der Waals surface area contributed by atoms with Gasteiger partial charge in [0.1, 0.15) is 11.6 Å². The van der Waals surface area contributed by atoms with Crippen molar-refractivity contribution >= 4 is 17.1 Å². The summed E-state index contributed by atoms with van der Waals surface area (Å²) >= 11 is 0. The maximum absolute atomic E-state index is 12.8. The minimum atomic E-state index is -4.40. The third-order valence-corrected chi connectivity index (χ3v) is 5.14. The molecule has 1 aromatic carbocycles. The Kier molecular flexibility index (Phi) is 4.99. The number of pyridine rings is 1. The van der Waals surface area contributed by atoms with E-state index in [4.69, 9.17) is 0 Å². The second kappa shape index (κ2) is 7.47. The van der Waals surface area contributed by atoms with Gasteiger partial charge < -0.3 is 14.6 Å². The number of carbonyl (C=O) groups excluding carboxylic acids is 1. The van der Waals surface area contributed by atoms with Crippen LogP contribution in [0.1, 0.15) is 24.4 Å². The normalized spacial score (nSPS) is 15.8. The zero-order valence-electron chi connectivity index (χ0n) is 15.4. The molecule has 0 spiro atoms. The third-order valence-electron chi connectivity index (χ3n) is 5.14. The molecule has 29 heavy (non-hydrogen) atoms. The van der Waals surface area contributed by atoms with E-state index in [1.807, 2.05) is 0 Å². The van der Waals surface area contributed by atoms with Gasteiger partial charge in [0.15, 0.2) is 5.65 Å². The number of hydrogen-bond acceptors (Lipinski definition) is 4. The number of benzene rings is 1. The quantitative estimate of drug-likeness (QED) is 0.725. The van der Waals surface area contributed by atoms with Crippen LogP contribution in [0.3, 0.4) is 0 Å². The van der Waals surface area contributed by atoms with Crippen molar-refractivity contribution in [2.75, 3.05) is 19.7 Å². The number of halogens is 3. The van der Waals surface area contributed by atoms with Gasteiger partial charge in [-0.15, -0.1) is 0 Å². The van der Waals surface area contributed by atoms with Crippen LogP contribution >= 0.6 is 0 Å². The molecule has 0 saturated carbocycles. The van der Waals surface area contributed by atoms with Crippen molar-refractivity contribution < 1.29 is 23.1 Å². The van der Waals surface area contributed by atoms with E-state index in [9.17, 15) is 23.1 Å². The predicted octanol–water partition coefficient (Wildman–Crippen LogP) is 3.27. The highest BCUT2D eigenvalue weighted by Gasteiger charge is 2.30. The minimum Gasteiger partial charge on any atom is -0.394 e. The average molecular weight is 404 g/mol. The molecule has 0 radical (unpaired) electrons. The fourth-order valence-corrected chi connectivity index (χ4v) is 3.56. The maximum atomic E-state index is 12.8. The standard InChI is InChI=1S/C20H19F3N4O2/c21-20(22,23)14-5-3-13(4-6-14)15-7-8-16-18(25-15)27(12-24-16)17(11-28)19(29)26-9-1-2-10-26/h3-8,12,17,28H,1-2,9-11H2/t17-/m0/s1. The molecule has 1 N–H and O–H groups in total. The zero-order valence-corrected chi connectivity index (χ0v) is 15.4. The van der Waals surface area contributed by atoms with Crippen LogP contribution in [0.15, 0.2) is 42.7 Å². The molecule has 1 aliphatic rings. The smallest absolute Gasteiger partial charge is 0.394 e. The van der Waals surface area contributed by atoms with Crippen molar-refractivity contribution in [3.8, 4) is 11.3 Å². The van der Waals surface area contributed by atoms with Crippen molar-refractivity contribution in [3.63, 3.8) is 0 Å². The Morgan fingerprint density at radius 2 is 1.79 bits per heavy atom. The van der Waals surface area contributed by atoms with E-state index >= 15 is 0 Å². The first kappa shape index (κ1) is 19.4. The second-order valence-corrected chi connectivity index (χ2v) is 7.00. The van der Waals surface area contributed by atoms with Gasteiger partial charge in [-0.3, -0.25) is 4.79 Å². The lowest BCUT2D eigenvalue weighted by Gasteiger charge is -2.22. The molecule has 1 aliphatic heterocycles. The molecule has 0 bridgehead atoms. The van der Waals surface area contributed by atoms with Gasteiger partial charge in [-0.25, -0.2) is 9.97 Å². The number of amides is 1. The van der Waals surface area contributed by atoms with E-state index < -0.39 is 24.4 Å². The van der Waals surface area contributed by atoms with Crippen LogP contribution in [0, 0.1) is 0 Å². The molecular weight excluding hydrogens is 385 g/mol. The number of imidazole rings is 1. The lowest BCUT2D eigenvalue weighted by Crippen LogP contribution is -2.36. The molecule has 0 aliphatic carbocycles. The number of carbonyl (C=O) groups is 1. The summed E-state index contributed by atoms with van der Waals surface area (Å²) in [4.78, 5) is 23.3. The topological polar surface area (TPSA) is 71.2 Å². The number of rotatable bonds is 4. The number of aliphatic hydroxyl groups is 1. The largest absolute Gasteiger partial charge is 0.416 e. The molecular formula is C20H19F3N4O2. The Hall–Kier alpha value is -2.94. The highest BCUT2D eigenvalue weighted by molar-refractivity contribution is 5.84. The SMILES string of the molecule is O=C([C@H](CO)n1cnc2ccc(-c3ccc(C(F)(F)F)cc3)nc21)N1CCCC1. The first-order valence-corrected chi connectivity index (χ1v) is 9.29. The summed E-state index contributed by atoms with van der Waals surface area (Å²) in [6.07, 6.45) is -1.07. The molecule has 2 aromatic heterocycles. The summed E-state index contributed by atoms with van der Waals surface area (Å²) in [7, 11) is 0. The van der Waals surface area contributed by atoms with Crippen molar-refractivity contribution in [1.29, 1.82) is 0 Å². The lowest BCUT2D eigenvalue weighted by molar-refractivity contribution is -0.137. The van der Waals surface area contributed by atoms with E-state index in [0.717, 1.165) is 25.0 Å². The third kappa shape index (κ3) is 3.69. The molecule has 0 unspecified atom stereocenters. The molecule has 9 heteroatoms. The van der Waals surface area contributed by atoms with Crippen LogP contribution < -0.4 is 0 Å². The number of nitrogens with zero attached hydrogens (tertiary/aromatic N) is 4. The Bertz CT molecular complexity index is 1020. The summed E-state index contributed by atoms with van der Waals surface area (Å²) in [6.45, 7) is 0.922. The number of fused-ring (bicyclic) bond motifs is 1. The van der Waals surface area contributed by atoms with Crippen molar-refractivity contribution in [2.45, 2.75) is 25.1 Å². The van der Waals surface area contributed by atoms with Gasteiger partial charge >= 0.3 is 6.18 Å². The van der Waals surface area contributed by atoms with Crippen LogP contribution in [-0.2, 0) is 11.0 Å². The first-order chi connectivity index (χ1) is 13.9. The van der Waals surface area contributed by atoms with Gasteiger partial charge in [0.25, 0.3) is 0 Å². The molecule has 6 nitrogen and oxygen atoms in total. The highest BCUT2D eigenvalue weighted by atomic mass is 19.4. The number of likely N-dealkylation sites (tertiary alicyclic amines) is 1. The number of aromatic nitrogens is 3. The van der Waals surface area contributed by atoms with Crippen LogP contribution in [0.4, 0.5) is 13.2 Å². The maximum Gasteiger partial charge on any atom is 0.416 e. The van der Waals surface area contributed by atoms with Gasteiger partial charge in [-0.05, 0) is 37.1 Å². The Labute approximate surface area is 164 Å². The van der Waals surface area contributed by atoms with E-state index in [-0.39, 0.29) is 5.91 Å². The summed E-state index contributed by atoms with van der Waals surface area (Å²) in [5.41, 5.74) is 1.17. The fraction of sp³-hybridized carbons (Fsp3) is 0.350. The van der Waals surface area contributed by atoms with Gasteiger partial charge in [0, 0.05) is 18.7 Å². The Balaban J connectivity index is 1.69. The van der Waals surface area contributed by atoms with E-state index in [1.54, 1.807) is 17.0 Å². The van der Waals surface area contributed by atoms with Crippen LogP contribution in [0.5, 0.6) is 0 Å². The Morgan fingerprint density at radius 3 is 2.41 bits per heavy atom. The van der Waals surface area contributed by atoms with Gasteiger partial charge in [0.2, 0.25) is 5.91 Å². The van der Waals surface area contributed by atoms with Gasteiger partial charge in [-0.1, -0.05) is 12.1 Å². The van der Waals surface area contributed by atoms with Crippen molar-refractivity contribution in [1.82, 2.24) is 19.4 Å². The molecule has 3 heterocycles. The molecule has 1 amide bonds. The molecule has 4 rings (SSSR count). The summed E-state index contributed by atoms with van der Waals surface area (Å²) < 4.78 is 39.9. The minimum absolute atomic E-state index is 0.189. The number of alkyl halides is 3. The second-order valence-electron chi connectivity index (χ2n) is 7.00. The number of hydrogen-bond donors (Lipinski definition) is 1. The van der Waals surface area contributed by atoms with E-state index in [0.29, 0.717) is 35.5 Å². The predicted molar refractivity (Wildman–Crippen MR) is 99.9 cm³/mol. The van der Waals surface area contributed by atoms with Crippen LogP contribution in [0.2, 0.25) is 0 Å². The van der Waals surface area contributed by atoms with Crippen LogP contribution in [0.25, 0.3) is 22.4 Å². The van der Waals surface area contributed by atoms with E-state index in [1.165, 1.54) is 23.0 Å². The average Bonchev–Trinajstić information content (AvgIpc) is 3.38. The molecule has 1 atom stereocenters. The molecule has 1 fully saturated rings. The molecule has 3 aromatic rings. The van der Waals surface area contributed by atoms with Crippen molar-refractivity contribution in [2.24, 2.45) is 0 Å². The Morgan fingerprint density at radius 1 is 1.10 bits per heavy atom. The number of aliphatic hydroxyl groups excluding tert-OH is 1.